The van der Waals surface area contributed by atoms with Crippen molar-refractivity contribution in [3.05, 3.63) is 75.9 Å². The molecule has 0 aliphatic rings. The summed E-state index contributed by atoms with van der Waals surface area (Å²) in [6.07, 6.45) is 0.936. The zero-order chi connectivity index (χ0) is 17.5. The molecular formula is C20H20N4O. The van der Waals surface area contributed by atoms with Crippen LogP contribution in [0.3, 0.4) is 0 Å². The predicted molar refractivity (Wildman–Crippen MR) is 101 cm³/mol. The van der Waals surface area contributed by atoms with Crippen molar-refractivity contribution in [2.45, 2.75) is 13.0 Å². The number of pyridine rings is 1. The van der Waals surface area contributed by atoms with Crippen molar-refractivity contribution in [1.29, 1.82) is 5.26 Å². The van der Waals surface area contributed by atoms with Crippen molar-refractivity contribution in [2.24, 2.45) is 0 Å². The van der Waals surface area contributed by atoms with Gasteiger partial charge in [-0.05, 0) is 42.8 Å². The Morgan fingerprint density at radius 2 is 1.84 bits per heavy atom. The Morgan fingerprint density at radius 1 is 1.04 bits per heavy atom. The van der Waals surface area contributed by atoms with Gasteiger partial charge in [-0.2, -0.15) is 5.26 Å². The molecule has 0 radical (unpaired) electrons. The van der Waals surface area contributed by atoms with Crippen LogP contribution in [-0.4, -0.2) is 18.1 Å². The minimum absolute atomic E-state index is 0.0239. The molecule has 3 N–H and O–H groups in total. The van der Waals surface area contributed by atoms with Crippen molar-refractivity contribution in [3.63, 3.8) is 0 Å². The van der Waals surface area contributed by atoms with Crippen molar-refractivity contribution < 1.29 is 0 Å². The molecule has 0 amide bonds. The summed E-state index contributed by atoms with van der Waals surface area (Å²) < 4.78 is 0. The maximum Gasteiger partial charge on any atom is 0.191 e. The lowest BCUT2D eigenvalue weighted by molar-refractivity contribution is 0.663. The van der Waals surface area contributed by atoms with E-state index < -0.39 is 0 Å². The number of anilines is 1. The van der Waals surface area contributed by atoms with Crippen LogP contribution in [0.5, 0.6) is 0 Å². The zero-order valence-electron chi connectivity index (χ0n) is 13.9. The topological polar surface area (TPSA) is 80.7 Å². The van der Waals surface area contributed by atoms with Crippen LogP contribution in [0.15, 0.2) is 59.4 Å². The van der Waals surface area contributed by atoms with Crippen LogP contribution in [0.4, 0.5) is 5.82 Å². The van der Waals surface area contributed by atoms with E-state index in [0.717, 1.165) is 43.0 Å². The molecule has 1 heterocycles. The van der Waals surface area contributed by atoms with Gasteiger partial charge in [-0.1, -0.05) is 24.3 Å². The molecule has 0 saturated carbocycles. The summed E-state index contributed by atoms with van der Waals surface area (Å²) in [6.45, 7) is 2.41. The summed E-state index contributed by atoms with van der Waals surface area (Å²) in [5.41, 5.74) is 2.70. The quantitative estimate of drug-likeness (QED) is 0.581. The highest BCUT2D eigenvalue weighted by atomic mass is 16.1. The molecule has 3 aromatic rings. The normalized spacial score (nSPS) is 10.5. The number of rotatable bonds is 7. The Balaban J connectivity index is 1.42. The summed E-state index contributed by atoms with van der Waals surface area (Å²) >= 11 is 0. The van der Waals surface area contributed by atoms with Crippen LogP contribution in [0.2, 0.25) is 0 Å². The van der Waals surface area contributed by atoms with Gasteiger partial charge in [0.05, 0.1) is 17.1 Å². The minimum atomic E-state index is 0.0239. The first-order valence-electron chi connectivity index (χ1n) is 8.32. The summed E-state index contributed by atoms with van der Waals surface area (Å²) in [5.74, 6) is 0.746. The molecule has 5 heteroatoms. The van der Waals surface area contributed by atoms with Gasteiger partial charge in [0.15, 0.2) is 5.43 Å². The summed E-state index contributed by atoms with van der Waals surface area (Å²) in [4.78, 5) is 15.3. The predicted octanol–water partition coefficient (Wildman–Crippen LogP) is 2.99. The number of hydrogen-bond acceptors (Lipinski definition) is 4. The van der Waals surface area contributed by atoms with Gasteiger partial charge in [0.1, 0.15) is 5.82 Å². The van der Waals surface area contributed by atoms with Crippen LogP contribution < -0.4 is 16.1 Å². The average molecular weight is 332 g/mol. The van der Waals surface area contributed by atoms with Gasteiger partial charge in [0.2, 0.25) is 0 Å². The fourth-order valence-corrected chi connectivity index (χ4v) is 2.66. The second-order valence-electron chi connectivity index (χ2n) is 5.86. The van der Waals surface area contributed by atoms with Crippen LogP contribution in [0.1, 0.15) is 17.5 Å². The molecule has 1 aromatic heterocycles. The molecule has 0 aliphatic heterocycles. The molecule has 0 aliphatic carbocycles. The van der Waals surface area contributed by atoms with Crippen LogP contribution >= 0.6 is 0 Å². The maximum absolute atomic E-state index is 12.0. The number of aromatic amines is 1. The van der Waals surface area contributed by atoms with Crippen LogP contribution in [0, 0.1) is 11.3 Å². The molecular weight excluding hydrogens is 312 g/mol. The smallest absolute Gasteiger partial charge is 0.191 e. The molecule has 0 bridgehead atoms. The lowest BCUT2D eigenvalue weighted by atomic mass is 10.1. The second kappa shape index (κ2) is 8.13. The third-order valence-electron chi connectivity index (χ3n) is 4.00. The first-order chi connectivity index (χ1) is 12.3. The van der Waals surface area contributed by atoms with E-state index >= 15 is 0 Å². The first kappa shape index (κ1) is 16.7. The van der Waals surface area contributed by atoms with Gasteiger partial charge < -0.3 is 15.6 Å². The zero-order valence-corrected chi connectivity index (χ0v) is 13.9. The van der Waals surface area contributed by atoms with Gasteiger partial charge >= 0.3 is 0 Å². The molecule has 25 heavy (non-hydrogen) atoms. The molecule has 0 saturated heterocycles. The molecule has 0 spiro atoms. The monoisotopic (exact) mass is 332 g/mol. The summed E-state index contributed by atoms with van der Waals surface area (Å²) in [6, 6.07) is 18.8. The van der Waals surface area contributed by atoms with Crippen molar-refractivity contribution in [3.8, 4) is 6.07 Å². The van der Waals surface area contributed by atoms with Crippen molar-refractivity contribution in [2.75, 3.05) is 18.4 Å². The molecule has 0 atom stereocenters. The summed E-state index contributed by atoms with van der Waals surface area (Å²) in [7, 11) is 0. The number of H-pyrrole nitrogens is 1. The van der Waals surface area contributed by atoms with Gasteiger partial charge in [-0.3, -0.25) is 4.79 Å². The molecule has 126 valence electrons. The number of benzene rings is 2. The van der Waals surface area contributed by atoms with E-state index in [1.54, 1.807) is 6.07 Å². The molecule has 0 fully saturated rings. The average Bonchev–Trinajstić information content (AvgIpc) is 2.65. The Morgan fingerprint density at radius 3 is 2.64 bits per heavy atom. The van der Waals surface area contributed by atoms with E-state index in [-0.39, 0.29) is 5.43 Å². The SMILES string of the molecule is N#Cc1ccc(CNCCCNc2cc(=O)c3ccccc3[nH]2)cc1. The van der Waals surface area contributed by atoms with Gasteiger partial charge in [0, 0.05) is 24.5 Å². The minimum Gasteiger partial charge on any atom is -0.371 e. The lowest BCUT2D eigenvalue weighted by Gasteiger charge is -2.09. The Bertz CT molecular complexity index is 938. The van der Waals surface area contributed by atoms with Crippen molar-refractivity contribution >= 4 is 16.7 Å². The van der Waals surface area contributed by atoms with E-state index in [1.807, 2.05) is 48.5 Å². The molecule has 3 rings (SSSR count). The Kier molecular flexibility index (Phi) is 5.45. The third-order valence-corrected chi connectivity index (χ3v) is 4.00. The van der Waals surface area contributed by atoms with E-state index in [9.17, 15) is 4.79 Å². The van der Waals surface area contributed by atoms with Gasteiger partial charge in [0.25, 0.3) is 0 Å². The number of nitriles is 1. The highest BCUT2D eigenvalue weighted by Gasteiger charge is 2.00. The number of para-hydroxylation sites is 1. The lowest BCUT2D eigenvalue weighted by Crippen LogP contribution is -2.18. The Labute approximate surface area is 146 Å². The van der Waals surface area contributed by atoms with Gasteiger partial charge in [-0.25, -0.2) is 0 Å². The van der Waals surface area contributed by atoms with E-state index in [4.69, 9.17) is 5.26 Å². The fraction of sp³-hybridized carbons (Fsp3) is 0.200. The van der Waals surface area contributed by atoms with E-state index in [0.29, 0.717) is 10.9 Å². The van der Waals surface area contributed by atoms with Crippen LogP contribution in [0.25, 0.3) is 10.9 Å². The van der Waals surface area contributed by atoms with Gasteiger partial charge in [-0.15, -0.1) is 0 Å². The second-order valence-corrected chi connectivity index (χ2v) is 5.86. The third kappa shape index (κ3) is 4.46. The largest absolute Gasteiger partial charge is 0.371 e. The number of aromatic nitrogens is 1. The van der Waals surface area contributed by atoms with E-state index in [1.165, 1.54) is 0 Å². The molecule has 0 unspecified atom stereocenters. The van der Waals surface area contributed by atoms with Crippen LogP contribution in [-0.2, 0) is 6.54 Å². The maximum atomic E-state index is 12.0. The Hall–Kier alpha value is -3.10. The number of nitrogens with zero attached hydrogens (tertiary/aromatic N) is 1. The standard InChI is InChI=1S/C20H20N4O/c21-13-15-6-8-16(9-7-15)14-22-10-3-11-23-20-12-19(25)17-4-1-2-5-18(17)24-20/h1-2,4-9,12,22H,3,10-11,14H2,(H2,23,24,25). The number of nitrogens with one attached hydrogen (secondary N) is 3. The number of fused-ring (bicyclic) bond motifs is 1. The first-order valence-corrected chi connectivity index (χ1v) is 8.32. The van der Waals surface area contributed by atoms with Crippen molar-refractivity contribution in [1.82, 2.24) is 10.3 Å². The molecule has 5 nitrogen and oxygen atoms in total. The van der Waals surface area contributed by atoms with E-state index in [2.05, 4.69) is 21.7 Å². The summed E-state index contributed by atoms with van der Waals surface area (Å²) in [5, 5.41) is 16.1. The number of hydrogen-bond donors (Lipinski definition) is 3. The molecule has 2 aromatic carbocycles. The highest BCUT2D eigenvalue weighted by molar-refractivity contribution is 5.79. The highest BCUT2D eigenvalue weighted by Crippen LogP contribution is 2.10. The fourth-order valence-electron chi connectivity index (χ4n) is 2.66.